The lowest BCUT2D eigenvalue weighted by Crippen LogP contribution is -2.09. The average Bonchev–Trinajstić information content (AvgIpc) is 2.78. The van der Waals surface area contributed by atoms with Gasteiger partial charge in [0.25, 0.3) is 0 Å². The number of hydrogen-bond acceptors (Lipinski definition) is 4. The quantitative estimate of drug-likeness (QED) is 0.832. The Bertz CT molecular complexity index is 553. The van der Waals surface area contributed by atoms with Gasteiger partial charge >= 0.3 is 0 Å². The van der Waals surface area contributed by atoms with Gasteiger partial charge in [0.1, 0.15) is 12.2 Å². The largest absolute Gasteiger partial charge is 0.398 e. The third kappa shape index (κ3) is 2.76. The van der Waals surface area contributed by atoms with Crippen LogP contribution in [0, 0.1) is 0 Å². The Morgan fingerprint density at radius 3 is 2.89 bits per heavy atom. The highest BCUT2D eigenvalue weighted by molar-refractivity contribution is 7.84. The van der Waals surface area contributed by atoms with E-state index < -0.39 is 10.8 Å². The molecule has 1 heterocycles. The molecule has 2 rings (SSSR count). The van der Waals surface area contributed by atoms with Gasteiger partial charge in [-0.25, -0.2) is 9.67 Å². The highest BCUT2D eigenvalue weighted by Crippen LogP contribution is 2.17. The Balaban J connectivity index is 2.17. The molecule has 5 nitrogen and oxygen atoms in total. The van der Waals surface area contributed by atoms with E-state index in [0.717, 1.165) is 18.8 Å². The van der Waals surface area contributed by atoms with Gasteiger partial charge in [0.2, 0.25) is 0 Å². The number of benzene rings is 1. The Hall–Kier alpha value is -1.69. The van der Waals surface area contributed by atoms with E-state index >= 15 is 0 Å². The van der Waals surface area contributed by atoms with E-state index in [1.807, 2.05) is 12.1 Å². The summed E-state index contributed by atoms with van der Waals surface area (Å²) in [5.74, 6) is 1.08. The highest BCUT2D eigenvalue weighted by atomic mass is 32.2. The van der Waals surface area contributed by atoms with Gasteiger partial charge in [0.05, 0.1) is 21.4 Å². The van der Waals surface area contributed by atoms with Gasteiger partial charge < -0.3 is 5.73 Å². The molecular formula is C12H16N4OS. The summed E-state index contributed by atoms with van der Waals surface area (Å²) in [6, 6.07) is 7.20. The van der Waals surface area contributed by atoms with Crippen molar-refractivity contribution in [2.45, 2.75) is 30.5 Å². The van der Waals surface area contributed by atoms with Gasteiger partial charge in [-0.05, 0) is 18.6 Å². The van der Waals surface area contributed by atoms with Crippen LogP contribution in [0.4, 0.5) is 5.69 Å². The fraction of sp³-hybridized carbons (Fsp3) is 0.333. The van der Waals surface area contributed by atoms with Crippen LogP contribution in [-0.4, -0.2) is 19.0 Å². The van der Waals surface area contributed by atoms with E-state index in [-0.39, 0.29) is 0 Å². The van der Waals surface area contributed by atoms with Gasteiger partial charge in [0, 0.05) is 12.2 Å². The van der Waals surface area contributed by atoms with Crippen molar-refractivity contribution >= 4 is 16.5 Å². The predicted molar refractivity (Wildman–Crippen MR) is 71.3 cm³/mol. The van der Waals surface area contributed by atoms with Gasteiger partial charge in [-0.3, -0.25) is 4.21 Å². The molecule has 0 spiro atoms. The second-order valence-electron chi connectivity index (χ2n) is 3.93. The lowest BCUT2D eigenvalue weighted by atomic mass is 10.3. The van der Waals surface area contributed by atoms with Gasteiger partial charge in [-0.15, -0.1) is 0 Å². The van der Waals surface area contributed by atoms with Crippen molar-refractivity contribution in [2.75, 3.05) is 5.73 Å². The average molecular weight is 264 g/mol. The summed E-state index contributed by atoms with van der Waals surface area (Å²) in [5.41, 5.74) is 6.36. The molecule has 6 heteroatoms. The molecule has 18 heavy (non-hydrogen) atoms. The maximum absolute atomic E-state index is 12.2. The molecule has 0 aliphatic carbocycles. The van der Waals surface area contributed by atoms with Crippen LogP contribution in [0.1, 0.15) is 19.2 Å². The Kier molecular flexibility index (Phi) is 4.09. The number of aromatic nitrogens is 3. The van der Waals surface area contributed by atoms with Crippen molar-refractivity contribution in [3.8, 4) is 0 Å². The Morgan fingerprint density at radius 2 is 2.17 bits per heavy atom. The van der Waals surface area contributed by atoms with E-state index in [1.54, 1.807) is 16.8 Å². The minimum absolute atomic E-state index is 0.341. The lowest BCUT2D eigenvalue weighted by molar-refractivity contribution is 0.579. The Morgan fingerprint density at radius 1 is 1.39 bits per heavy atom. The zero-order valence-corrected chi connectivity index (χ0v) is 11.1. The summed E-state index contributed by atoms with van der Waals surface area (Å²) < 4.78 is 14.0. The van der Waals surface area contributed by atoms with E-state index in [4.69, 9.17) is 5.73 Å². The van der Waals surface area contributed by atoms with Crippen molar-refractivity contribution in [3.05, 3.63) is 36.4 Å². The molecule has 0 aliphatic rings. The number of nitrogen functional groups attached to an aromatic ring is 1. The SMILES string of the molecule is CCCn1ncnc1CS(=O)c1ccccc1N. The molecule has 1 atom stereocenters. The van der Waals surface area contributed by atoms with Crippen LogP contribution < -0.4 is 5.73 Å². The van der Waals surface area contributed by atoms with Gasteiger partial charge in [-0.2, -0.15) is 5.10 Å². The van der Waals surface area contributed by atoms with Crippen LogP contribution in [0.3, 0.4) is 0 Å². The standard InChI is InChI=1S/C12H16N4OS/c1-2-7-16-12(14-9-15-16)8-18(17)11-6-4-3-5-10(11)13/h3-6,9H,2,7-8,13H2,1H3. The molecule has 0 fully saturated rings. The molecular weight excluding hydrogens is 248 g/mol. The number of aryl methyl sites for hydroxylation is 1. The van der Waals surface area contributed by atoms with Crippen molar-refractivity contribution in [1.82, 2.24) is 14.8 Å². The van der Waals surface area contributed by atoms with Crippen molar-refractivity contribution in [2.24, 2.45) is 0 Å². The number of rotatable bonds is 5. The van der Waals surface area contributed by atoms with Crippen LogP contribution in [0.15, 0.2) is 35.5 Å². The fourth-order valence-corrected chi connectivity index (χ4v) is 2.86. The zero-order valence-electron chi connectivity index (χ0n) is 10.2. The number of anilines is 1. The first-order valence-electron chi connectivity index (χ1n) is 5.82. The molecule has 1 aromatic carbocycles. The van der Waals surface area contributed by atoms with Crippen LogP contribution >= 0.6 is 0 Å². The molecule has 0 saturated heterocycles. The number of nitrogens with zero attached hydrogens (tertiary/aromatic N) is 3. The topological polar surface area (TPSA) is 73.8 Å². The summed E-state index contributed by atoms with van der Waals surface area (Å²) in [5, 5.41) is 4.11. The second kappa shape index (κ2) is 5.77. The fourth-order valence-electron chi connectivity index (χ4n) is 1.68. The van der Waals surface area contributed by atoms with Crippen molar-refractivity contribution in [3.63, 3.8) is 0 Å². The van der Waals surface area contributed by atoms with Crippen LogP contribution in [-0.2, 0) is 23.1 Å². The molecule has 96 valence electrons. The summed E-state index contributed by atoms with van der Waals surface area (Å²) in [7, 11) is -1.19. The van der Waals surface area contributed by atoms with Crippen LogP contribution in [0.2, 0.25) is 0 Å². The van der Waals surface area contributed by atoms with E-state index in [2.05, 4.69) is 17.0 Å². The molecule has 2 aromatic rings. The zero-order chi connectivity index (χ0) is 13.0. The van der Waals surface area contributed by atoms with E-state index in [9.17, 15) is 4.21 Å². The smallest absolute Gasteiger partial charge is 0.139 e. The van der Waals surface area contributed by atoms with Gasteiger partial charge in [-0.1, -0.05) is 19.1 Å². The lowest BCUT2D eigenvalue weighted by Gasteiger charge is -2.06. The predicted octanol–water partition coefficient (Wildman–Crippen LogP) is 1.58. The van der Waals surface area contributed by atoms with E-state index in [1.165, 1.54) is 6.33 Å². The molecule has 0 aliphatic heterocycles. The van der Waals surface area contributed by atoms with Gasteiger partial charge in [0.15, 0.2) is 0 Å². The molecule has 1 aromatic heterocycles. The third-order valence-corrected chi connectivity index (χ3v) is 3.94. The molecule has 0 saturated carbocycles. The third-order valence-electron chi connectivity index (χ3n) is 2.56. The maximum atomic E-state index is 12.2. The molecule has 0 radical (unpaired) electrons. The first-order valence-corrected chi connectivity index (χ1v) is 7.13. The maximum Gasteiger partial charge on any atom is 0.139 e. The van der Waals surface area contributed by atoms with Crippen molar-refractivity contribution < 1.29 is 4.21 Å². The Labute approximate surface area is 108 Å². The minimum Gasteiger partial charge on any atom is -0.398 e. The van der Waals surface area contributed by atoms with E-state index in [0.29, 0.717) is 16.3 Å². The monoisotopic (exact) mass is 264 g/mol. The second-order valence-corrected chi connectivity index (χ2v) is 5.35. The first kappa shape index (κ1) is 12.8. The summed E-state index contributed by atoms with van der Waals surface area (Å²) in [6.07, 6.45) is 2.47. The summed E-state index contributed by atoms with van der Waals surface area (Å²) in [6.45, 7) is 2.86. The number of nitrogens with two attached hydrogens (primary N) is 1. The van der Waals surface area contributed by atoms with Crippen LogP contribution in [0.5, 0.6) is 0 Å². The molecule has 0 amide bonds. The van der Waals surface area contributed by atoms with Crippen molar-refractivity contribution in [1.29, 1.82) is 0 Å². The molecule has 0 bridgehead atoms. The summed E-state index contributed by atoms with van der Waals surface area (Å²) in [4.78, 5) is 4.80. The number of para-hydroxylation sites is 1. The highest BCUT2D eigenvalue weighted by Gasteiger charge is 2.12. The minimum atomic E-state index is -1.19. The first-order chi connectivity index (χ1) is 8.72. The normalized spacial score (nSPS) is 12.5. The molecule has 1 unspecified atom stereocenters. The van der Waals surface area contributed by atoms with Crippen LogP contribution in [0.25, 0.3) is 0 Å². The summed E-state index contributed by atoms with van der Waals surface area (Å²) >= 11 is 0. The number of hydrogen-bond donors (Lipinski definition) is 1. The molecule has 2 N–H and O–H groups in total.